The third kappa shape index (κ3) is 4.44. The fourth-order valence-electron chi connectivity index (χ4n) is 2.35. The van der Waals surface area contributed by atoms with Crippen molar-refractivity contribution in [2.24, 2.45) is 0 Å². The lowest BCUT2D eigenvalue weighted by Crippen LogP contribution is -2.14. The van der Waals surface area contributed by atoms with Crippen molar-refractivity contribution in [1.82, 2.24) is 10.1 Å². The first kappa shape index (κ1) is 18.5. The average Bonchev–Trinajstić information content (AvgIpc) is 3.04. The van der Waals surface area contributed by atoms with Gasteiger partial charge in [-0.3, -0.25) is 14.3 Å². The van der Waals surface area contributed by atoms with Crippen LogP contribution >= 0.6 is 27.7 Å². The van der Waals surface area contributed by atoms with E-state index in [0.717, 1.165) is 20.5 Å². The zero-order valence-electron chi connectivity index (χ0n) is 14.1. The normalized spacial score (nSPS) is 10.7. The first-order valence-electron chi connectivity index (χ1n) is 7.78. The summed E-state index contributed by atoms with van der Waals surface area (Å²) < 4.78 is 5.56. The summed E-state index contributed by atoms with van der Waals surface area (Å²) in [7, 11) is 0. The second kappa shape index (κ2) is 7.92. The van der Waals surface area contributed by atoms with Gasteiger partial charge >= 0.3 is 5.76 Å². The standard InChI is InChI=1S/C18H16BrN3O3S/c1-10-7-15(11(2)6-14(10)19)26-9-16(23)20-13-5-3-4-12(8-13)17-21-18(24)25-22-17/h3-8H,9H2,1-2H3,(H,20,23)(H,21,22,24). The summed E-state index contributed by atoms with van der Waals surface area (Å²) in [6, 6.07) is 11.2. The lowest BCUT2D eigenvalue weighted by molar-refractivity contribution is -0.113. The molecule has 0 spiro atoms. The minimum absolute atomic E-state index is 0.110. The molecule has 0 bridgehead atoms. The Kier molecular flexibility index (Phi) is 5.63. The molecule has 6 nitrogen and oxygen atoms in total. The number of nitrogens with one attached hydrogen (secondary N) is 2. The molecule has 2 N–H and O–H groups in total. The van der Waals surface area contributed by atoms with E-state index >= 15 is 0 Å². The second-order valence-electron chi connectivity index (χ2n) is 5.73. The average molecular weight is 434 g/mol. The molecule has 1 aromatic heterocycles. The van der Waals surface area contributed by atoms with Crippen molar-refractivity contribution in [3.8, 4) is 11.4 Å². The molecule has 0 unspecified atom stereocenters. The number of anilines is 1. The molecule has 3 aromatic rings. The third-order valence-electron chi connectivity index (χ3n) is 3.68. The van der Waals surface area contributed by atoms with Crippen LogP contribution in [-0.2, 0) is 4.79 Å². The summed E-state index contributed by atoms with van der Waals surface area (Å²) in [5.74, 6) is -0.111. The number of amides is 1. The van der Waals surface area contributed by atoms with Gasteiger partial charge in [0.15, 0.2) is 5.82 Å². The molecule has 3 rings (SSSR count). The molecule has 0 saturated heterocycles. The summed E-state index contributed by atoms with van der Waals surface area (Å²) in [4.78, 5) is 26.9. The van der Waals surface area contributed by atoms with Crippen molar-refractivity contribution >= 4 is 39.3 Å². The van der Waals surface area contributed by atoms with Gasteiger partial charge < -0.3 is 5.32 Å². The largest absolute Gasteiger partial charge is 0.439 e. The molecule has 0 radical (unpaired) electrons. The monoisotopic (exact) mass is 433 g/mol. The Morgan fingerprint density at radius 1 is 1.27 bits per heavy atom. The van der Waals surface area contributed by atoms with Crippen molar-refractivity contribution in [1.29, 1.82) is 0 Å². The topological polar surface area (TPSA) is 88.0 Å². The zero-order valence-corrected chi connectivity index (χ0v) is 16.5. The molecule has 0 saturated carbocycles. The van der Waals surface area contributed by atoms with E-state index in [4.69, 9.17) is 0 Å². The van der Waals surface area contributed by atoms with Crippen molar-refractivity contribution in [3.63, 3.8) is 0 Å². The van der Waals surface area contributed by atoms with Crippen LogP contribution < -0.4 is 11.1 Å². The predicted octanol–water partition coefficient (Wildman–Crippen LogP) is 4.14. The molecule has 1 amide bonds. The summed E-state index contributed by atoms with van der Waals surface area (Å²) in [5, 5.41) is 6.50. The SMILES string of the molecule is Cc1cc(SCC(=O)Nc2cccc(-c3noc(=O)[nH]3)c2)c(C)cc1Br. The maximum absolute atomic E-state index is 12.3. The van der Waals surface area contributed by atoms with Crippen LogP contribution in [0.3, 0.4) is 0 Å². The number of carbonyl (C=O) groups is 1. The molecule has 0 aliphatic heterocycles. The van der Waals surface area contributed by atoms with Gasteiger partial charge in [-0.15, -0.1) is 11.8 Å². The highest BCUT2D eigenvalue weighted by atomic mass is 79.9. The minimum Gasteiger partial charge on any atom is -0.325 e. The van der Waals surface area contributed by atoms with E-state index in [9.17, 15) is 9.59 Å². The predicted molar refractivity (Wildman–Crippen MR) is 106 cm³/mol. The van der Waals surface area contributed by atoms with Crippen LogP contribution in [0, 0.1) is 13.8 Å². The van der Waals surface area contributed by atoms with Crippen LogP contribution in [0.25, 0.3) is 11.4 Å². The number of nitrogens with zero attached hydrogens (tertiary/aromatic N) is 1. The lowest BCUT2D eigenvalue weighted by Gasteiger charge is -2.09. The molecule has 0 atom stereocenters. The third-order valence-corrected chi connectivity index (χ3v) is 5.69. The van der Waals surface area contributed by atoms with Crippen LogP contribution in [0.2, 0.25) is 0 Å². The zero-order chi connectivity index (χ0) is 18.7. The van der Waals surface area contributed by atoms with Crippen LogP contribution in [0.4, 0.5) is 5.69 Å². The van der Waals surface area contributed by atoms with Gasteiger partial charge in [0.25, 0.3) is 0 Å². The second-order valence-corrected chi connectivity index (χ2v) is 7.60. The number of H-pyrrole nitrogens is 1. The molecule has 1 heterocycles. The fourth-order valence-corrected chi connectivity index (χ4v) is 3.71. The maximum atomic E-state index is 12.3. The van der Waals surface area contributed by atoms with Crippen molar-refractivity contribution in [2.75, 3.05) is 11.1 Å². The highest BCUT2D eigenvalue weighted by molar-refractivity contribution is 9.10. The Labute approximate surface area is 162 Å². The number of aromatic amines is 1. The number of halogens is 1. The Balaban J connectivity index is 1.65. The molecule has 0 aliphatic carbocycles. The highest BCUT2D eigenvalue weighted by Gasteiger charge is 2.09. The molecule has 134 valence electrons. The number of rotatable bonds is 5. The summed E-state index contributed by atoms with van der Waals surface area (Å²) >= 11 is 5.00. The first-order valence-corrected chi connectivity index (χ1v) is 9.56. The van der Waals surface area contributed by atoms with Crippen LogP contribution in [0.15, 0.2) is 55.1 Å². The van der Waals surface area contributed by atoms with Crippen LogP contribution in [0.1, 0.15) is 11.1 Å². The number of benzene rings is 2. The van der Waals surface area contributed by atoms with Gasteiger partial charge in [0, 0.05) is 20.6 Å². The van der Waals surface area contributed by atoms with E-state index in [-0.39, 0.29) is 5.91 Å². The van der Waals surface area contributed by atoms with Crippen molar-refractivity contribution < 1.29 is 9.32 Å². The van der Waals surface area contributed by atoms with E-state index in [2.05, 4.69) is 48.0 Å². The number of thioether (sulfide) groups is 1. The van der Waals surface area contributed by atoms with E-state index in [1.54, 1.807) is 24.3 Å². The number of hydrogen-bond donors (Lipinski definition) is 2. The summed E-state index contributed by atoms with van der Waals surface area (Å²) in [6.07, 6.45) is 0. The number of aryl methyl sites for hydroxylation is 2. The first-order chi connectivity index (χ1) is 12.4. The van der Waals surface area contributed by atoms with Gasteiger partial charge in [-0.25, -0.2) is 4.79 Å². The Bertz CT molecular complexity index is 1010. The summed E-state index contributed by atoms with van der Waals surface area (Å²) in [5.41, 5.74) is 3.53. The lowest BCUT2D eigenvalue weighted by atomic mass is 10.2. The number of hydrogen-bond acceptors (Lipinski definition) is 5. The molecule has 0 fully saturated rings. The van der Waals surface area contributed by atoms with Gasteiger partial charge in [0.2, 0.25) is 5.91 Å². The molecule has 2 aromatic carbocycles. The van der Waals surface area contributed by atoms with Gasteiger partial charge in [-0.2, -0.15) is 0 Å². The molecule has 8 heteroatoms. The van der Waals surface area contributed by atoms with E-state index < -0.39 is 5.76 Å². The number of carbonyl (C=O) groups excluding carboxylic acids is 1. The summed E-state index contributed by atoms with van der Waals surface area (Å²) in [6.45, 7) is 4.04. The molecule has 26 heavy (non-hydrogen) atoms. The van der Waals surface area contributed by atoms with E-state index in [1.165, 1.54) is 11.8 Å². The van der Waals surface area contributed by atoms with Gasteiger partial charge in [0.1, 0.15) is 0 Å². The minimum atomic E-state index is -0.619. The van der Waals surface area contributed by atoms with Gasteiger partial charge in [0.05, 0.1) is 5.75 Å². The Morgan fingerprint density at radius 3 is 2.81 bits per heavy atom. The van der Waals surface area contributed by atoms with Crippen molar-refractivity contribution in [3.05, 3.63) is 62.5 Å². The Morgan fingerprint density at radius 2 is 2.08 bits per heavy atom. The molecule has 0 aliphatic rings. The quantitative estimate of drug-likeness (QED) is 0.590. The van der Waals surface area contributed by atoms with Gasteiger partial charge in [-0.05, 0) is 49.2 Å². The highest BCUT2D eigenvalue weighted by Crippen LogP contribution is 2.28. The van der Waals surface area contributed by atoms with Crippen LogP contribution in [0.5, 0.6) is 0 Å². The van der Waals surface area contributed by atoms with Crippen molar-refractivity contribution in [2.45, 2.75) is 18.7 Å². The van der Waals surface area contributed by atoms with Crippen LogP contribution in [-0.4, -0.2) is 21.8 Å². The number of aromatic nitrogens is 2. The maximum Gasteiger partial charge on any atom is 0.439 e. The smallest absolute Gasteiger partial charge is 0.325 e. The molecular weight excluding hydrogens is 418 g/mol. The Hall–Kier alpha value is -2.32. The molecular formula is C18H16BrN3O3S. The van der Waals surface area contributed by atoms with Gasteiger partial charge in [-0.1, -0.05) is 33.2 Å². The fraction of sp³-hybridized carbons (Fsp3) is 0.167. The van der Waals surface area contributed by atoms with E-state index in [1.807, 2.05) is 13.8 Å². The van der Waals surface area contributed by atoms with E-state index in [0.29, 0.717) is 22.8 Å².